The minimum absolute atomic E-state index is 0.268. The van der Waals surface area contributed by atoms with E-state index in [-0.39, 0.29) is 11.7 Å². The Morgan fingerprint density at radius 3 is 2.68 bits per heavy atom. The Balaban J connectivity index is 1.50. The first-order valence-electron chi connectivity index (χ1n) is 10.1. The fraction of sp³-hybridized carbons (Fsp3) is 0.227. The molecule has 9 heteroatoms. The zero-order valence-corrected chi connectivity index (χ0v) is 16.9. The molecule has 0 aliphatic heterocycles. The largest absolute Gasteiger partial charge is 0.320 e. The van der Waals surface area contributed by atoms with E-state index >= 15 is 0 Å². The van der Waals surface area contributed by atoms with Crippen molar-refractivity contribution in [3.8, 4) is 11.4 Å². The first kappa shape index (κ1) is 19.1. The number of benzene rings is 2. The van der Waals surface area contributed by atoms with E-state index in [9.17, 15) is 9.18 Å². The molecule has 0 saturated heterocycles. The zero-order chi connectivity index (χ0) is 21.4. The minimum atomic E-state index is -0.305. The average Bonchev–Trinajstić information content (AvgIpc) is 3.44. The van der Waals surface area contributed by atoms with Gasteiger partial charge in [0.25, 0.3) is 5.91 Å². The highest BCUT2D eigenvalue weighted by molar-refractivity contribution is 6.04. The normalized spacial score (nSPS) is 13.1. The third-order valence-corrected chi connectivity index (χ3v) is 5.62. The quantitative estimate of drug-likeness (QED) is 0.549. The second-order valence-corrected chi connectivity index (χ2v) is 7.53. The molecule has 1 aliphatic rings. The number of nitrogens with one attached hydrogen (secondary N) is 1. The van der Waals surface area contributed by atoms with Crippen molar-refractivity contribution in [2.75, 3.05) is 5.32 Å². The molecule has 0 unspecified atom stereocenters. The van der Waals surface area contributed by atoms with Crippen LogP contribution in [0, 0.1) is 12.7 Å². The molecule has 0 fully saturated rings. The van der Waals surface area contributed by atoms with Crippen LogP contribution in [0.1, 0.15) is 40.2 Å². The van der Waals surface area contributed by atoms with Gasteiger partial charge in [-0.05, 0) is 85.0 Å². The van der Waals surface area contributed by atoms with E-state index < -0.39 is 0 Å². The van der Waals surface area contributed by atoms with Crippen LogP contribution in [0.3, 0.4) is 0 Å². The van der Waals surface area contributed by atoms with Crippen molar-refractivity contribution >= 4 is 11.6 Å². The van der Waals surface area contributed by atoms with Gasteiger partial charge in [-0.2, -0.15) is 5.10 Å². The van der Waals surface area contributed by atoms with Gasteiger partial charge in [-0.3, -0.25) is 4.79 Å². The highest BCUT2D eigenvalue weighted by Crippen LogP contribution is 2.28. The molecule has 0 spiro atoms. The van der Waals surface area contributed by atoms with Crippen LogP contribution in [0.5, 0.6) is 0 Å². The number of anilines is 1. The summed E-state index contributed by atoms with van der Waals surface area (Å²) in [5.41, 5.74) is 5.42. The number of tetrazole rings is 1. The Labute approximate surface area is 177 Å². The van der Waals surface area contributed by atoms with Crippen molar-refractivity contribution in [3.05, 3.63) is 77.1 Å². The molecule has 2 aromatic carbocycles. The summed E-state index contributed by atoms with van der Waals surface area (Å²) in [7, 11) is 0. The molecule has 31 heavy (non-hydrogen) atoms. The lowest BCUT2D eigenvalue weighted by atomic mass is 9.95. The van der Waals surface area contributed by atoms with Crippen LogP contribution < -0.4 is 5.32 Å². The summed E-state index contributed by atoms with van der Waals surface area (Å²) in [6.07, 6.45) is 5.18. The molecule has 2 aromatic heterocycles. The van der Waals surface area contributed by atoms with Gasteiger partial charge in [-0.15, -0.1) is 5.10 Å². The average molecular weight is 417 g/mol. The SMILES string of the molecule is Cc1c(NC(=O)c2nn(-c3ccc(F)cc3)c3c2CCCC3)cccc1-n1cnnn1. The second kappa shape index (κ2) is 7.75. The summed E-state index contributed by atoms with van der Waals surface area (Å²) in [6.45, 7) is 1.90. The lowest BCUT2D eigenvalue weighted by molar-refractivity contribution is 0.102. The number of nitrogens with zero attached hydrogens (tertiary/aromatic N) is 6. The Hall–Kier alpha value is -3.88. The Morgan fingerprint density at radius 2 is 1.90 bits per heavy atom. The first-order valence-corrected chi connectivity index (χ1v) is 10.1. The number of carbonyl (C=O) groups is 1. The molecule has 1 amide bonds. The van der Waals surface area contributed by atoms with E-state index in [4.69, 9.17) is 0 Å². The lowest BCUT2D eigenvalue weighted by Crippen LogP contribution is -2.17. The summed E-state index contributed by atoms with van der Waals surface area (Å²) in [4.78, 5) is 13.2. The molecule has 5 rings (SSSR count). The van der Waals surface area contributed by atoms with Gasteiger partial charge >= 0.3 is 0 Å². The van der Waals surface area contributed by atoms with Gasteiger partial charge in [0.1, 0.15) is 12.1 Å². The molecule has 4 aromatic rings. The van der Waals surface area contributed by atoms with Crippen LogP contribution in [-0.4, -0.2) is 35.9 Å². The number of hydrogen-bond acceptors (Lipinski definition) is 5. The summed E-state index contributed by atoms with van der Waals surface area (Å²) < 4.78 is 16.7. The van der Waals surface area contributed by atoms with Gasteiger partial charge in [0.05, 0.1) is 11.4 Å². The van der Waals surface area contributed by atoms with Crippen LogP contribution >= 0.6 is 0 Å². The predicted octanol–water partition coefficient (Wildman–Crippen LogP) is 3.43. The molecule has 2 heterocycles. The van der Waals surface area contributed by atoms with E-state index in [2.05, 4.69) is 25.9 Å². The van der Waals surface area contributed by atoms with Crippen molar-refractivity contribution in [2.24, 2.45) is 0 Å². The molecule has 1 N–H and O–H groups in total. The number of rotatable bonds is 4. The third-order valence-electron chi connectivity index (χ3n) is 5.62. The number of carbonyl (C=O) groups excluding carboxylic acids is 1. The van der Waals surface area contributed by atoms with E-state index in [1.54, 1.807) is 21.5 Å². The second-order valence-electron chi connectivity index (χ2n) is 7.53. The molecular weight excluding hydrogens is 397 g/mol. The van der Waals surface area contributed by atoms with E-state index in [1.165, 1.54) is 18.5 Å². The summed E-state index contributed by atoms with van der Waals surface area (Å²) >= 11 is 0. The summed E-state index contributed by atoms with van der Waals surface area (Å²) in [6, 6.07) is 11.7. The smallest absolute Gasteiger partial charge is 0.276 e. The van der Waals surface area contributed by atoms with Crippen LogP contribution in [0.15, 0.2) is 48.8 Å². The van der Waals surface area contributed by atoms with Crippen LogP contribution in [0.25, 0.3) is 11.4 Å². The number of aromatic nitrogens is 6. The van der Waals surface area contributed by atoms with E-state index in [0.717, 1.165) is 53.9 Å². The van der Waals surface area contributed by atoms with Gasteiger partial charge in [0.2, 0.25) is 0 Å². The van der Waals surface area contributed by atoms with Gasteiger partial charge in [0, 0.05) is 16.9 Å². The van der Waals surface area contributed by atoms with Crippen molar-refractivity contribution in [1.82, 2.24) is 30.0 Å². The monoisotopic (exact) mass is 417 g/mol. The maximum absolute atomic E-state index is 13.4. The maximum Gasteiger partial charge on any atom is 0.276 e. The number of fused-ring (bicyclic) bond motifs is 1. The molecule has 156 valence electrons. The predicted molar refractivity (Wildman–Crippen MR) is 112 cm³/mol. The summed E-state index contributed by atoms with van der Waals surface area (Å²) in [5.74, 6) is -0.573. The lowest BCUT2D eigenvalue weighted by Gasteiger charge is -2.14. The molecule has 0 bridgehead atoms. The van der Waals surface area contributed by atoms with Crippen molar-refractivity contribution in [1.29, 1.82) is 0 Å². The van der Waals surface area contributed by atoms with Gasteiger partial charge in [-0.1, -0.05) is 6.07 Å². The van der Waals surface area contributed by atoms with E-state index in [1.807, 2.05) is 25.1 Å². The number of halogens is 1. The van der Waals surface area contributed by atoms with Crippen LogP contribution in [0.2, 0.25) is 0 Å². The van der Waals surface area contributed by atoms with Gasteiger partial charge in [-0.25, -0.2) is 13.8 Å². The third kappa shape index (κ3) is 3.48. The highest BCUT2D eigenvalue weighted by atomic mass is 19.1. The fourth-order valence-corrected chi connectivity index (χ4v) is 4.04. The standard InChI is InChI=1S/C22H20FN7O/c1-14-18(6-4-8-19(14)29-13-24-27-28-29)25-22(31)21-17-5-2-3-7-20(17)30(26-21)16-11-9-15(23)10-12-16/h4,6,8-13H,2-3,5,7H2,1H3,(H,25,31). The Kier molecular flexibility index (Phi) is 4.78. The van der Waals surface area contributed by atoms with Crippen LogP contribution in [0.4, 0.5) is 10.1 Å². The molecule has 0 atom stereocenters. The highest BCUT2D eigenvalue weighted by Gasteiger charge is 2.26. The molecule has 8 nitrogen and oxygen atoms in total. The first-order chi connectivity index (χ1) is 15.1. The Morgan fingerprint density at radius 1 is 1.10 bits per heavy atom. The molecule has 1 aliphatic carbocycles. The van der Waals surface area contributed by atoms with Gasteiger partial charge in [0.15, 0.2) is 5.69 Å². The summed E-state index contributed by atoms with van der Waals surface area (Å²) in [5, 5.41) is 18.9. The topological polar surface area (TPSA) is 90.5 Å². The molecule has 0 radical (unpaired) electrons. The van der Waals surface area contributed by atoms with Crippen molar-refractivity contribution < 1.29 is 9.18 Å². The van der Waals surface area contributed by atoms with Crippen molar-refractivity contribution in [3.63, 3.8) is 0 Å². The molecular formula is C22H20FN7O. The fourth-order valence-electron chi connectivity index (χ4n) is 4.04. The van der Waals surface area contributed by atoms with Crippen molar-refractivity contribution in [2.45, 2.75) is 32.6 Å². The Bertz CT molecular complexity index is 1250. The molecule has 0 saturated carbocycles. The van der Waals surface area contributed by atoms with Crippen LogP contribution in [-0.2, 0) is 12.8 Å². The maximum atomic E-state index is 13.4. The number of amides is 1. The van der Waals surface area contributed by atoms with E-state index in [0.29, 0.717) is 11.4 Å². The van der Waals surface area contributed by atoms with Gasteiger partial charge < -0.3 is 5.32 Å². The zero-order valence-electron chi connectivity index (χ0n) is 16.9. The minimum Gasteiger partial charge on any atom is -0.320 e. The number of hydrogen-bond donors (Lipinski definition) is 1.